The number of nitrogens with zero attached hydrogens (tertiary/aromatic N) is 4. The van der Waals surface area contributed by atoms with Gasteiger partial charge in [-0.05, 0) is 24.3 Å². The maximum Gasteiger partial charge on any atom is 0.417 e. The summed E-state index contributed by atoms with van der Waals surface area (Å²) in [7, 11) is 1.63. The van der Waals surface area contributed by atoms with Crippen LogP contribution in [0, 0.1) is 5.82 Å². The molecule has 6 nitrogen and oxygen atoms in total. The highest BCUT2D eigenvalue weighted by Gasteiger charge is 2.30. The van der Waals surface area contributed by atoms with Crippen LogP contribution in [0.3, 0.4) is 0 Å². The van der Waals surface area contributed by atoms with Gasteiger partial charge in [-0.3, -0.25) is 4.79 Å². The molecule has 0 unspecified atom stereocenters. The normalized spacial score (nSPS) is 11.4. The Bertz CT molecular complexity index is 1090. The maximum absolute atomic E-state index is 13.6. The number of aromatic nitrogens is 3. The molecule has 0 spiro atoms. The second-order valence-electron chi connectivity index (χ2n) is 6.16. The average Bonchev–Trinajstić information content (AvgIpc) is 2.71. The van der Waals surface area contributed by atoms with Crippen molar-refractivity contribution in [3.05, 3.63) is 75.5 Å². The summed E-state index contributed by atoms with van der Waals surface area (Å²) in [5.74, 6) is -0.502. The lowest BCUT2D eigenvalue weighted by atomic mass is 10.3. The molecule has 0 bridgehead atoms. The Labute approximate surface area is 173 Å². The summed E-state index contributed by atoms with van der Waals surface area (Å²) < 4.78 is 57.7. The first kappa shape index (κ1) is 21.6. The number of hydrogen-bond acceptors (Lipinski definition) is 5. The molecule has 2 aromatic heterocycles. The van der Waals surface area contributed by atoms with Crippen LogP contribution >= 0.6 is 11.6 Å². The topological polar surface area (TPSA) is 60.2 Å². The zero-order chi connectivity index (χ0) is 21.9. The van der Waals surface area contributed by atoms with Gasteiger partial charge in [0.2, 0.25) is 0 Å². The Hall–Kier alpha value is -3.14. The molecule has 0 saturated carbocycles. The number of pyridine rings is 1. The standard InChI is InChI=1S/C19H15ClF4N4O2/c1-27(8-9-30-15-5-3-2-4-13(15)21)14-11-26-28(18(29)17(14)20)16-7-6-12(10-25-16)19(22,23)24/h2-7,10-11H,8-9H2,1H3. The minimum atomic E-state index is -4.54. The molecule has 0 radical (unpaired) electrons. The second-order valence-corrected chi connectivity index (χ2v) is 6.54. The quantitative estimate of drug-likeness (QED) is 0.541. The van der Waals surface area contributed by atoms with E-state index in [1.165, 1.54) is 18.3 Å². The number of hydrogen-bond donors (Lipinski definition) is 0. The summed E-state index contributed by atoms with van der Waals surface area (Å²) in [4.78, 5) is 17.7. The number of likely N-dealkylation sites (N-methyl/N-ethyl adjacent to an activating group) is 1. The van der Waals surface area contributed by atoms with Crippen LogP contribution in [0.25, 0.3) is 5.82 Å². The predicted molar refractivity (Wildman–Crippen MR) is 103 cm³/mol. The zero-order valence-electron chi connectivity index (χ0n) is 15.5. The van der Waals surface area contributed by atoms with Crippen molar-refractivity contribution in [3.8, 4) is 11.6 Å². The highest BCUT2D eigenvalue weighted by molar-refractivity contribution is 6.33. The minimum Gasteiger partial charge on any atom is -0.489 e. The molecule has 158 valence electrons. The maximum atomic E-state index is 13.6. The summed E-state index contributed by atoms with van der Waals surface area (Å²) in [6.45, 7) is 0.370. The smallest absolute Gasteiger partial charge is 0.417 e. The minimum absolute atomic E-state index is 0.0962. The molecule has 0 aliphatic rings. The van der Waals surface area contributed by atoms with E-state index in [1.54, 1.807) is 24.1 Å². The SMILES string of the molecule is CN(CCOc1ccccc1F)c1cnn(-c2ccc(C(F)(F)F)cn2)c(=O)c1Cl. The Balaban J connectivity index is 1.74. The number of ether oxygens (including phenoxy) is 1. The number of halogens is 5. The van der Waals surface area contributed by atoms with Gasteiger partial charge < -0.3 is 9.64 Å². The van der Waals surface area contributed by atoms with E-state index < -0.39 is 23.1 Å². The van der Waals surface area contributed by atoms with Crippen LogP contribution in [-0.4, -0.2) is 35.0 Å². The summed E-state index contributed by atoms with van der Waals surface area (Å²) in [5, 5.41) is 3.74. The third-order valence-electron chi connectivity index (χ3n) is 4.12. The summed E-state index contributed by atoms with van der Waals surface area (Å²) in [6.07, 6.45) is -2.65. The van der Waals surface area contributed by atoms with Crippen molar-refractivity contribution >= 4 is 17.3 Å². The molecule has 0 amide bonds. The van der Waals surface area contributed by atoms with Crippen LogP contribution in [0.15, 0.2) is 53.6 Å². The van der Waals surface area contributed by atoms with Crippen molar-refractivity contribution in [2.75, 3.05) is 25.1 Å². The Morgan fingerprint density at radius 1 is 1.17 bits per heavy atom. The van der Waals surface area contributed by atoms with Crippen LogP contribution in [0.1, 0.15) is 5.56 Å². The predicted octanol–water partition coefficient (Wildman–Crippen LogP) is 3.95. The second kappa shape index (κ2) is 8.70. The number of rotatable bonds is 6. The molecule has 11 heteroatoms. The Morgan fingerprint density at radius 3 is 2.53 bits per heavy atom. The van der Waals surface area contributed by atoms with Gasteiger partial charge in [0.1, 0.15) is 11.6 Å². The van der Waals surface area contributed by atoms with Gasteiger partial charge >= 0.3 is 6.18 Å². The van der Waals surface area contributed by atoms with Gasteiger partial charge in [0.25, 0.3) is 5.56 Å². The first-order valence-electron chi connectivity index (χ1n) is 8.58. The van der Waals surface area contributed by atoms with Gasteiger partial charge in [0.15, 0.2) is 17.4 Å². The van der Waals surface area contributed by atoms with Crippen molar-refractivity contribution in [1.82, 2.24) is 14.8 Å². The van der Waals surface area contributed by atoms with Crippen LogP contribution in [0.2, 0.25) is 5.02 Å². The molecule has 1 aromatic carbocycles. The van der Waals surface area contributed by atoms with Crippen molar-refractivity contribution < 1.29 is 22.3 Å². The number of alkyl halides is 3. The monoisotopic (exact) mass is 442 g/mol. The van der Waals surface area contributed by atoms with Crippen LogP contribution < -0.4 is 15.2 Å². The highest BCUT2D eigenvalue weighted by atomic mass is 35.5. The van der Waals surface area contributed by atoms with Crippen molar-refractivity contribution in [3.63, 3.8) is 0 Å². The van der Waals surface area contributed by atoms with Crippen LogP contribution in [-0.2, 0) is 6.18 Å². The number of benzene rings is 1. The molecule has 0 fully saturated rings. The lowest BCUT2D eigenvalue weighted by Gasteiger charge is -2.20. The molecular formula is C19H15ClF4N4O2. The van der Waals surface area contributed by atoms with Crippen molar-refractivity contribution in [2.24, 2.45) is 0 Å². The molecule has 3 rings (SSSR count). The lowest BCUT2D eigenvalue weighted by Crippen LogP contribution is -2.29. The van der Waals surface area contributed by atoms with E-state index in [0.29, 0.717) is 6.20 Å². The lowest BCUT2D eigenvalue weighted by molar-refractivity contribution is -0.137. The molecule has 0 aliphatic carbocycles. The van der Waals surface area contributed by atoms with E-state index in [2.05, 4.69) is 10.1 Å². The van der Waals surface area contributed by atoms with Gasteiger partial charge in [-0.15, -0.1) is 0 Å². The summed E-state index contributed by atoms with van der Waals surface area (Å²) in [6, 6.07) is 7.76. The van der Waals surface area contributed by atoms with E-state index in [1.807, 2.05) is 0 Å². The van der Waals surface area contributed by atoms with Crippen molar-refractivity contribution in [1.29, 1.82) is 0 Å². The van der Waals surface area contributed by atoms with E-state index in [4.69, 9.17) is 16.3 Å². The van der Waals surface area contributed by atoms with Crippen LogP contribution in [0.4, 0.5) is 23.2 Å². The highest BCUT2D eigenvalue weighted by Crippen LogP contribution is 2.28. The Morgan fingerprint density at radius 2 is 1.90 bits per heavy atom. The zero-order valence-corrected chi connectivity index (χ0v) is 16.3. The molecule has 0 atom stereocenters. The summed E-state index contributed by atoms with van der Waals surface area (Å²) in [5.41, 5.74) is -1.41. The number of anilines is 1. The van der Waals surface area contributed by atoms with E-state index in [0.717, 1.165) is 16.8 Å². The van der Waals surface area contributed by atoms with E-state index >= 15 is 0 Å². The summed E-state index contributed by atoms with van der Waals surface area (Å²) >= 11 is 6.14. The van der Waals surface area contributed by atoms with E-state index in [9.17, 15) is 22.4 Å². The fourth-order valence-corrected chi connectivity index (χ4v) is 2.78. The molecule has 2 heterocycles. The van der Waals surface area contributed by atoms with Crippen molar-refractivity contribution in [2.45, 2.75) is 6.18 Å². The Kier molecular flexibility index (Phi) is 6.25. The molecule has 3 aromatic rings. The molecular weight excluding hydrogens is 428 g/mol. The molecule has 0 saturated heterocycles. The van der Waals surface area contributed by atoms with Gasteiger partial charge in [0.05, 0.1) is 24.0 Å². The van der Waals surface area contributed by atoms with Gasteiger partial charge in [-0.1, -0.05) is 23.7 Å². The first-order valence-corrected chi connectivity index (χ1v) is 8.96. The largest absolute Gasteiger partial charge is 0.489 e. The van der Waals surface area contributed by atoms with Crippen LogP contribution in [0.5, 0.6) is 5.75 Å². The fraction of sp³-hybridized carbons (Fsp3) is 0.211. The molecule has 0 aliphatic heterocycles. The molecule has 30 heavy (non-hydrogen) atoms. The third-order valence-corrected chi connectivity index (χ3v) is 4.48. The van der Waals surface area contributed by atoms with E-state index in [-0.39, 0.29) is 35.4 Å². The van der Waals surface area contributed by atoms with Gasteiger partial charge in [-0.25, -0.2) is 9.37 Å². The number of para-hydroxylation sites is 1. The average molecular weight is 443 g/mol. The first-order chi connectivity index (χ1) is 14.2. The van der Waals surface area contributed by atoms with Gasteiger partial charge in [-0.2, -0.15) is 23.0 Å². The fourth-order valence-electron chi connectivity index (χ4n) is 2.51. The molecule has 0 N–H and O–H groups in total. The third kappa shape index (κ3) is 4.70. The van der Waals surface area contributed by atoms with Gasteiger partial charge in [0, 0.05) is 13.2 Å².